The average molecular weight is 416 g/mol. The van der Waals surface area contributed by atoms with Crippen molar-refractivity contribution in [1.29, 1.82) is 0 Å². The van der Waals surface area contributed by atoms with Crippen molar-refractivity contribution in [3.05, 3.63) is 52.2 Å². The molecule has 0 saturated carbocycles. The van der Waals surface area contributed by atoms with Crippen molar-refractivity contribution in [3.63, 3.8) is 0 Å². The molecule has 28 heavy (non-hydrogen) atoms. The number of anilines is 2. The van der Waals surface area contributed by atoms with E-state index in [0.717, 1.165) is 33.5 Å². The first-order valence-electron chi connectivity index (χ1n) is 9.42. The molecule has 7 heteroatoms. The highest BCUT2D eigenvalue weighted by molar-refractivity contribution is 7.91. The maximum atomic E-state index is 11.9. The van der Waals surface area contributed by atoms with Gasteiger partial charge in [-0.3, -0.25) is 0 Å². The summed E-state index contributed by atoms with van der Waals surface area (Å²) in [5.41, 5.74) is 7.64. The van der Waals surface area contributed by atoms with Gasteiger partial charge in [0.05, 0.1) is 17.2 Å². The molecule has 2 aromatic heterocycles. The summed E-state index contributed by atoms with van der Waals surface area (Å²) in [5, 5.41) is 6.35. The summed E-state index contributed by atoms with van der Waals surface area (Å²) in [6, 6.07) is 8.49. The highest BCUT2D eigenvalue weighted by atomic mass is 32.2. The largest absolute Gasteiger partial charge is 0.344 e. The van der Waals surface area contributed by atoms with E-state index in [0.29, 0.717) is 6.42 Å². The molecule has 1 saturated heterocycles. The van der Waals surface area contributed by atoms with Crippen LogP contribution in [0.4, 0.5) is 10.8 Å². The lowest BCUT2D eigenvalue weighted by Crippen LogP contribution is -2.13. The molecule has 1 atom stereocenters. The number of sulfone groups is 1. The molecule has 1 fully saturated rings. The van der Waals surface area contributed by atoms with Crippen LogP contribution < -0.4 is 5.32 Å². The van der Waals surface area contributed by atoms with Gasteiger partial charge in [0.2, 0.25) is 0 Å². The zero-order valence-corrected chi connectivity index (χ0v) is 18.2. The Balaban J connectivity index is 1.63. The fourth-order valence-electron chi connectivity index (χ4n) is 4.02. The van der Waals surface area contributed by atoms with Crippen LogP contribution in [-0.2, 0) is 9.84 Å². The van der Waals surface area contributed by atoms with Gasteiger partial charge < -0.3 is 9.88 Å². The van der Waals surface area contributed by atoms with E-state index in [1.54, 1.807) is 11.3 Å². The molecule has 1 aromatic carbocycles. The van der Waals surface area contributed by atoms with E-state index in [1.807, 2.05) is 6.92 Å². The molecular weight excluding hydrogens is 390 g/mol. The van der Waals surface area contributed by atoms with Gasteiger partial charge in [0.1, 0.15) is 0 Å². The third-order valence-electron chi connectivity index (χ3n) is 5.47. The number of aromatic nitrogens is 2. The number of nitrogens with zero attached hydrogens (tertiary/aromatic N) is 2. The van der Waals surface area contributed by atoms with Gasteiger partial charge >= 0.3 is 0 Å². The number of benzene rings is 1. The molecule has 1 unspecified atom stereocenters. The first-order chi connectivity index (χ1) is 13.2. The average Bonchev–Trinajstić information content (AvgIpc) is 3.29. The molecule has 0 radical (unpaired) electrons. The number of rotatable bonds is 4. The van der Waals surface area contributed by atoms with Gasteiger partial charge in [0, 0.05) is 34.1 Å². The second-order valence-electron chi connectivity index (χ2n) is 7.69. The van der Waals surface area contributed by atoms with Crippen molar-refractivity contribution in [2.45, 2.75) is 40.2 Å². The maximum absolute atomic E-state index is 11.9. The van der Waals surface area contributed by atoms with E-state index in [9.17, 15) is 8.42 Å². The van der Waals surface area contributed by atoms with Crippen LogP contribution in [-0.4, -0.2) is 29.5 Å². The Hall–Kier alpha value is -2.12. The van der Waals surface area contributed by atoms with Gasteiger partial charge in [0.15, 0.2) is 15.0 Å². The Bertz CT molecular complexity index is 1140. The predicted molar refractivity (Wildman–Crippen MR) is 117 cm³/mol. The number of thiazole rings is 1. The lowest BCUT2D eigenvalue weighted by molar-refractivity contribution is 0.536. The van der Waals surface area contributed by atoms with Gasteiger partial charge in [-0.2, -0.15) is 0 Å². The molecule has 0 amide bonds. The maximum Gasteiger partial charge on any atom is 0.187 e. The smallest absolute Gasteiger partial charge is 0.187 e. The molecule has 4 rings (SSSR count). The van der Waals surface area contributed by atoms with E-state index in [4.69, 9.17) is 4.98 Å². The van der Waals surface area contributed by atoms with Crippen molar-refractivity contribution < 1.29 is 8.42 Å². The minimum Gasteiger partial charge on any atom is -0.344 e. The van der Waals surface area contributed by atoms with Gasteiger partial charge in [-0.1, -0.05) is 12.1 Å². The Morgan fingerprint density at radius 2 is 1.96 bits per heavy atom. The van der Waals surface area contributed by atoms with Crippen LogP contribution in [0.5, 0.6) is 0 Å². The molecule has 1 aliphatic heterocycles. The van der Waals surface area contributed by atoms with Crippen LogP contribution in [0.25, 0.3) is 11.3 Å². The van der Waals surface area contributed by atoms with Crippen molar-refractivity contribution >= 4 is 32.0 Å². The molecular formula is C21H25N3O2S2. The standard InChI is InChI=1S/C21H25N3O2S2/c1-13-5-6-14(2)19(9-13)22-21-23-20(11-27-21)18-10-15(3)24(16(18)4)17-7-8-28(25,26)12-17/h5-6,9-11,17H,7-8,12H2,1-4H3,(H,22,23). The molecule has 0 spiro atoms. The van der Waals surface area contributed by atoms with Gasteiger partial charge in [-0.05, 0) is 57.4 Å². The minimum atomic E-state index is -2.92. The van der Waals surface area contributed by atoms with Gasteiger partial charge in [-0.25, -0.2) is 13.4 Å². The Morgan fingerprint density at radius 1 is 1.18 bits per heavy atom. The van der Waals surface area contributed by atoms with E-state index < -0.39 is 9.84 Å². The number of aryl methyl sites for hydroxylation is 3. The van der Waals surface area contributed by atoms with Crippen LogP contribution >= 0.6 is 11.3 Å². The number of nitrogens with one attached hydrogen (secondary N) is 1. The first kappa shape index (κ1) is 19.2. The third kappa shape index (κ3) is 3.61. The molecule has 0 bridgehead atoms. The highest BCUT2D eigenvalue weighted by Gasteiger charge is 2.31. The fraction of sp³-hybridized carbons (Fsp3) is 0.381. The van der Waals surface area contributed by atoms with Crippen molar-refractivity contribution in [2.24, 2.45) is 0 Å². The molecule has 0 aliphatic carbocycles. The van der Waals surface area contributed by atoms with Crippen LogP contribution in [0.3, 0.4) is 0 Å². The molecule has 5 nitrogen and oxygen atoms in total. The second-order valence-corrected chi connectivity index (χ2v) is 10.8. The molecule has 1 N–H and O–H groups in total. The van der Waals surface area contributed by atoms with Crippen LogP contribution in [0.2, 0.25) is 0 Å². The summed E-state index contributed by atoms with van der Waals surface area (Å²) in [6.45, 7) is 8.27. The topological polar surface area (TPSA) is 64.0 Å². The monoisotopic (exact) mass is 415 g/mol. The SMILES string of the molecule is Cc1ccc(C)c(Nc2nc(-c3cc(C)n(C4CCS(=O)(=O)C4)c3C)cs2)c1. The number of hydrogen-bond donors (Lipinski definition) is 1. The van der Waals surface area contributed by atoms with Gasteiger partial charge in [-0.15, -0.1) is 11.3 Å². The summed E-state index contributed by atoms with van der Waals surface area (Å²) in [5.74, 6) is 0.518. The summed E-state index contributed by atoms with van der Waals surface area (Å²) in [6.07, 6.45) is 0.689. The van der Waals surface area contributed by atoms with Crippen LogP contribution in [0, 0.1) is 27.7 Å². The van der Waals surface area contributed by atoms with Crippen LogP contribution in [0.15, 0.2) is 29.6 Å². The van der Waals surface area contributed by atoms with Crippen molar-refractivity contribution in [3.8, 4) is 11.3 Å². The van der Waals surface area contributed by atoms with E-state index in [1.165, 1.54) is 11.1 Å². The second kappa shape index (κ2) is 7.04. The highest BCUT2D eigenvalue weighted by Crippen LogP contribution is 2.35. The van der Waals surface area contributed by atoms with E-state index in [-0.39, 0.29) is 17.5 Å². The third-order valence-corrected chi connectivity index (χ3v) is 7.98. The summed E-state index contributed by atoms with van der Waals surface area (Å²) < 4.78 is 26.0. The normalized spacial score (nSPS) is 18.5. The Morgan fingerprint density at radius 3 is 2.68 bits per heavy atom. The van der Waals surface area contributed by atoms with E-state index in [2.05, 4.69) is 60.3 Å². The lowest BCUT2D eigenvalue weighted by Gasteiger charge is -2.16. The zero-order chi connectivity index (χ0) is 20.1. The molecule has 148 valence electrons. The molecule has 3 heterocycles. The first-order valence-corrected chi connectivity index (χ1v) is 12.1. The Kier molecular flexibility index (Phi) is 4.83. The fourth-order valence-corrected chi connectivity index (χ4v) is 6.44. The van der Waals surface area contributed by atoms with Crippen LogP contribution in [0.1, 0.15) is 35.0 Å². The summed E-state index contributed by atoms with van der Waals surface area (Å²) in [4.78, 5) is 4.79. The quantitative estimate of drug-likeness (QED) is 0.655. The molecule has 1 aliphatic rings. The Labute approximate surface area is 170 Å². The lowest BCUT2D eigenvalue weighted by atomic mass is 10.1. The molecule has 3 aromatic rings. The van der Waals surface area contributed by atoms with Crippen molar-refractivity contribution in [2.75, 3.05) is 16.8 Å². The predicted octanol–water partition coefficient (Wildman–Crippen LogP) is 4.95. The number of hydrogen-bond acceptors (Lipinski definition) is 5. The van der Waals surface area contributed by atoms with Crippen molar-refractivity contribution in [1.82, 2.24) is 9.55 Å². The zero-order valence-electron chi connectivity index (χ0n) is 16.6. The summed E-state index contributed by atoms with van der Waals surface area (Å²) >= 11 is 1.58. The van der Waals surface area contributed by atoms with Gasteiger partial charge in [0.25, 0.3) is 0 Å². The summed E-state index contributed by atoms with van der Waals surface area (Å²) in [7, 11) is -2.92. The minimum absolute atomic E-state index is 0.0323. The van der Waals surface area contributed by atoms with E-state index >= 15 is 0 Å².